The minimum atomic E-state index is -0.760. The highest BCUT2D eigenvalue weighted by atomic mass is 35.5. The largest absolute Gasteiger partial charge is 0.497 e. The third kappa shape index (κ3) is 4.87. The predicted molar refractivity (Wildman–Crippen MR) is 94.5 cm³/mol. The van der Waals surface area contributed by atoms with Crippen molar-refractivity contribution in [3.05, 3.63) is 53.1 Å². The van der Waals surface area contributed by atoms with E-state index in [0.29, 0.717) is 17.2 Å². The van der Waals surface area contributed by atoms with Crippen molar-refractivity contribution in [2.24, 2.45) is 0 Å². The number of amides is 1. The summed E-state index contributed by atoms with van der Waals surface area (Å²) in [6, 6.07) is 11.5. The summed E-state index contributed by atoms with van der Waals surface area (Å²) in [7, 11) is 2.81. The molecular weight excluding hydrogens is 346 g/mol. The molecule has 1 unspecified atom stereocenters. The average molecular weight is 364 g/mol. The van der Waals surface area contributed by atoms with Gasteiger partial charge in [-0.2, -0.15) is 0 Å². The van der Waals surface area contributed by atoms with Gasteiger partial charge in [-0.05, 0) is 37.3 Å². The van der Waals surface area contributed by atoms with Gasteiger partial charge in [-0.1, -0.05) is 17.7 Å². The van der Waals surface area contributed by atoms with E-state index in [1.54, 1.807) is 44.4 Å². The van der Waals surface area contributed by atoms with Crippen LogP contribution in [0.1, 0.15) is 17.3 Å². The number of nitrogens with one attached hydrogen (secondary N) is 1. The van der Waals surface area contributed by atoms with E-state index < -0.39 is 12.1 Å². The Morgan fingerprint density at radius 1 is 1.08 bits per heavy atom. The number of hydrogen-bond acceptors (Lipinski definition) is 5. The topological polar surface area (TPSA) is 73.9 Å². The molecule has 0 saturated heterocycles. The van der Waals surface area contributed by atoms with Gasteiger partial charge in [0.2, 0.25) is 0 Å². The molecule has 1 N–H and O–H groups in total. The molecule has 0 heterocycles. The van der Waals surface area contributed by atoms with Gasteiger partial charge in [-0.3, -0.25) is 4.79 Å². The minimum absolute atomic E-state index is 0.170. The van der Waals surface area contributed by atoms with E-state index in [2.05, 4.69) is 10.1 Å². The molecule has 2 aromatic rings. The molecule has 2 rings (SSSR count). The van der Waals surface area contributed by atoms with E-state index in [4.69, 9.17) is 21.1 Å². The van der Waals surface area contributed by atoms with E-state index >= 15 is 0 Å². The maximum Gasteiger partial charge on any atom is 0.339 e. The molecule has 0 aliphatic rings. The fourth-order valence-corrected chi connectivity index (χ4v) is 2.24. The Hall–Kier alpha value is -2.73. The molecule has 6 nitrogen and oxygen atoms in total. The molecule has 7 heteroatoms. The van der Waals surface area contributed by atoms with E-state index in [-0.39, 0.29) is 16.5 Å². The highest BCUT2D eigenvalue weighted by Gasteiger charge is 2.17. The van der Waals surface area contributed by atoms with Crippen LogP contribution in [-0.4, -0.2) is 32.2 Å². The number of halogens is 1. The third-order valence-corrected chi connectivity index (χ3v) is 3.69. The maximum absolute atomic E-state index is 12.3. The van der Waals surface area contributed by atoms with Crippen molar-refractivity contribution in [3.8, 4) is 11.5 Å². The minimum Gasteiger partial charge on any atom is -0.497 e. The van der Waals surface area contributed by atoms with Gasteiger partial charge in [0.15, 0.2) is 6.10 Å². The molecule has 0 saturated carbocycles. The second-order valence-electron chi connectivity index (χ2n) is 5.11. The van der Waals surface area contributed by atoms with Gasteiger partial charge in [0.1, 0.15) is 11.5 Å². The fraction of sp³-hybridized carbons (Fsp3) is 0.222. The fourth-order valence-electron chi connectivity index (χ4n) is 2.05. The van der Waals surface area contributed by atoms with Crippen LogP contribution in [0, 0.1) is 0 Å². The predicted octanol–water partition coefficient (Wildman–Crippen LogP) is 3.54. The molecule has 0 aliphatic heterocycles. The quantitative estimate of drug-likeness (QED) is 0.794. The van der Waals surface area contributed by atoms with Crippen LogP contribution < -0.4 is 14.8 Å². The molecule has 0 aromatic heterocycles. The average Bonchev–Trinajstić information content (AvgIpc) is 2.62. The Labute approximate surface area is 150 Å². The first-order valence-electron chi connectivity index (χ1n) is 7.44. The Kier molecular flexibility index (Phi) is 6.25. The van der Waals surface area contributed by atoms with Gasteiger partial charge in [0.25, 0.3) is 5.91 Å². The van der Waals surface area contributed by atoms with Crippen molar-refractivity contribution < 1.29 is 23.8 Å². The molecule has 2 aromatic carbocycles. The first kappa shape index (κ1) is 18.6. The molecular formula is C18H18ClNO5. The number of rotatable bonds is 6. The second kappa shape index (κ2) is 8.39. The number of ether oxygens (including phenoxy) is 3. The lowest BCUT2D eigenvalue weighted by Gasteiger charge is -2.15. The smallest absolute Gasteiger partial charge is 0.339 e. The van der Waals surface area contributed by atoms with Crippen LogP contribution in [0.5, 0.6) is 11.5 Å². The zero-order valence-electron chi connectivity index (χ0n) is 14.0. The van der Waals surface area contributed by atoms with Gasteiger partial charge in [0.05, 0.1) is 24.8 Å². The van der Waals surface area contributed by atoms with Crippen molar-refractivity contribution in [1.82, 2.24) is 0 Å². The highest BCUT2D eigenvalue weighted by molar-refractivity contribution is 6.33. The first-order chi connectivity index (χ1) is 11.9. The summed E-state index contributed by atoms with van der Waals surface area (Å²) in [5.41, 5.74) is 0.583. The summed E-state index contributed by atoms with van der Waals surface area (Å²) in [4.78, 5) is 23.9. The van der Waals surface area contributed by atoms with Crippen LogP contribution in [-0.2, 0) is 9.53 Å². The van der Waals surface area contributed by atoms with Crippen LogP contribution in [0.15, 0.2) is 42.5 Å². The molecule has 25 heavy (non-hydrogen) atoms. The number of benzene rings is 2. The van der Waals surface area contributed by atoms with Crippen molar-refractivity contribution in [2.45, 2.75) is 13.0 Å². The molecule has 0 radical (unpaired) electrons. The molecule has 132 valence electrons. The number of hydrogen-bond donors (Lipinski definition) is 1. The molecule has 1 atom stereocenters. The standard InChI is InChI=1S/C18H18ClNO5/c1-11(25-14-6-4-5-13(10-14)23-2)17(21)20-12-7-8-16(19)15(9-12)18(22)24-3/h4-11H,1-3H3,(H,20,21). The maximum atomic E-state index is 12.3. The van der Waals surface area contributed by atoms with Crippen molar-refractivity contribution in [3.63, 3.8) is 0 Å². The summed E-state index contributed by atoms with van der Waals surface area (Å²) < 4.78 is 15.4. The highest BCUT2D eigenvalue weighted by Crippen LogP contribution is 2.23. The number of carbonyl (C=O) groups is 2. The van der Waals surface area contributed by atoms with E-state index in [1.165, 1.54) is 19.2 Å². The molecule has 0 fully saturated rings. The third-order valence-electron chi connectivity index (χ3n) is 3.36. The summed E-state index contributed by atoms with van der Waals surface area (Å²) in [6.45, 7) is 1.62. The lowest BCUT2D eigenvalue weighted by molar-refractivity contribution is -0.122. The zero-order valence-corrected chi connectivity index (χ0v) is 14.8. The molecule has 1 amide bonds. The molecule has 0 spiro atoms. The van der Waals surface area contributed by atoms with Crippen LogP contribution in [0.4, 0.5) is 5.69 Å². The second-order valence-corrected chi connectivity index (χ2v) is 5.52. The first-order valence-corrected chi connectivity index (χ1v) is 7.82. The molecule has 0 bridgehead atoms. The number of anilines is 1. The monoisotopic (exact) mass is 363 g/mol. The van der Waals surface area contributed by atoms with Crippen molar-refractivity contribution in [1.29, 1.82) is 0 Å². The summed E-state index contributed by atoms with van der Waals surface area (Å²) >= 11 is 5.95. The van der Waals surface area contributed by atoms with Gasteiger partial charge in [-0.25, -0.2) is 4.79 Å². The Morgan fingerprint density at radius 3 is 2.48 bits per heavy atom. The van der Waals surface area contributed by atoms with Crippen molar-refractivity contribution >= 4 is 29.2 Å². The van der Waals surface area contributed by atoms with Gasteiger partial charge in [0, 0.05) is 11.8 Å². The number of esters is 1. The number of carbonyl (C=O) groups excluding carboxylic acids is 2. The van der Waals surface area contributed by atoms with E-state index in [0.717, 1.165) is 0 Å². The number of methoxy groups -OCH3 is 2. The summed E-state index contributed by atoms with van der Waals surface area (Å²) in [6.07, 6.45) is -0.760. The molecule has 0 aliphatic carbocycles. The Morgan fingerprint density at radius 2 is 1.80 bits per heavy atom. The van der Waals surface area contributed by atoms with Crippen LogP contribution in [0.25, 0.3) is 0 Å². The van der Waals surface area contributed by atoms with Crippen LogP contribution in [0.3, 0.4) is 0 Å². The van der Waals surface area contributed by atoms with E-state index in [9.17, 15) is 9.59 Å². The summed E-state index contributed by atoms with van der Waals surface area (Å²) in [5.74, 6) is 0.182. The van der Waals surface area contributed by atoms with Crippen LogP contribution in [0.2, 0.25) is 5.02 Å². The van der Waals surface area contributed by atoms with E-state index in [1.807, 2.05) is 0 Å². The Bertz CT molecular complexity index is 778. The SMILES string of the molecule is COC(=O)c1cc(NC(=O)C(C)Oc2cccc(OC)c2)ccc1Cl. The normalized spacial score (nSPS) is 11.4. The van der Waals surface area contributed by atoms with Gasteiger partial charge < -0.3 is 19.5 Å². The van der Waals surface area contributed by atoms with Crippen molar-refractivity contribution in [2.75, 3.05) is 19.5 Å². The Balaban J connectivity index is 2.07. The van der Waals surface area contributed by atoms with Gasteiger partial charge >= 0.3 is 5.97 Å². The van der Waals surface area contributed by atoms with Gasteiger partial charge in [-0.15, -0.1) is 0 Å². The zero-order chi connectivity index (χ0) is 18.4. The lowest BCUT2D eigenvalue weighted by atomic mass is 10.2. The lowest BCUT2D eigenvalue weighted by Crippen LogP contribution is -2.30. The van der Waals surface area contributed by atoms with Crippen LogP contribution >= 0.6 is 11.6 Å². The summed E-state index contributed by atoms with van der Waals surface area (Å²) in [5, 5.41) is 2.92.